The molecule has 0 saturated heterocycles. The van der Waals surface area contributed by atoms with E-state index in [0.29, 0.717) is 5.32 Å². The van der Waals surface area contributed by atoms with Crippen LogP contribution in [0.5, 0.6) is 5.75 Å². The van der Waals surface area contributed by atoms with Gasteiger partial charge >= 0.3 is 101 Å². The van der Waals surface area contributed by atoms with Crippen molar-refractivity contribution in [2.45, 2.75) is 16.7 Å². The first kappa shape index (κ1) is 13.0. The predicted molar refractivity (Wildman–Crippen MR) is 62.9 cm³/mol. The summed E-state index contributed by atoms with van der Waals surface area (Å²) in [7, 11) is 1.63. The van der Waals surface area contributed by atoms with Crippen LogP contribution in [0, 0.1) is 0 Å². The number of aliphatic carboxylic acids is 1. The van der Waals surface area contributed by atoms with Crippen molar-refractivity contribution in [3.8, 4) is 5.75 Å². The summed E-state index contributed by atoms with van der Waals surface area (Å²) in [6.45, 7) is 0. The third-order valence-electron chi connectivity index (χ3n) is 2.04. The first-order chi connectivity index (χ1) is 7.63. The fraction of sp³-hybridized carbons (Fsp3) is 0.364. The van der Waals surface area contributed by atoms with Gasteiger partial charge in [-0.15, -0.1) is 0 Å². The van der Waals surface area contributed by atoms with Gasteiger partial charge in [-0.2, -0.15) is 0 Å². The predicted octanol–water partition coefficient (Wildman–Crippen LogP) is 0.730. The molecule has 0 aromatic heterocycles. The number of nitrogens with two attached hydrogens (primary N) is 1. The molecule has 16 heavy (non-hydrogen) atoms. The van der Waals surface area contributed by atoms with Gasteiger partial charge in [0.1, 0.15) is 0 Å². The molecule has 1 aromatic rings. The number of benzene rings is 1. The maximum atomic E-state index is 10.5. The van der Waals surface area contributed by atoms with Crippen LogP contribution in [0.3, 0.4) is 0 Å². The van der Waals surface area contributed by atoms with E-state index in [1.165, 1.54) is 5.56 Å². The van der Waals surface area contributed by atoms with Gasteiger partial charge in [0.25, 0.3) is 0 Å². The van der Waals surface area contributed by atoms with E-state index in [-0.39, 0.29) is 15.0 Å². The van der Waals surface area contributed by atoms with Crippen molar-refractivity contribution in [3.63, 3.8) is 0 Å². The van der Waals surface area contributed by atoms with E-state index in [4.69, 9.17) is 15.6 Å². The summed E-state index contributed by atoms with van der Waals surface area (Å²) in [5, 5.41) is 10.1. The zero-order valence-corrected chi connectivity index (χ0v) is 10.8. The molecular weight excluding hydrogens is 273 g/mol. The molecule has 0 bridgehead atoms. The fourth-order valence-electron chi connectivity index (χ4n) is 1.10. The molecule has 0 saturated carbocycles. The molecule has 88 valence electrons. The normalized spacial score (nSPS) is 12.1. The Balaban J connectivity index is 2.34. The van der Waals surface area contributed by atoms with Gasteiger partial charge < -0.3 is 0 Å². The minimum absolute atomic E-state index is 0.229. The monoisotopic (exact) mass is 289 g/mol. The van der Waals surface area contributed by atoms with Crippen molar-refractivity contribution in [2.75, 3.05) is 7.11 Å². The van der Waals surface area contributed by atoms with Gasteiger partial charge in [0.05, 0.1) is 0 Å². The van der Waals surface area contributed by atoms with Crippen LogP contribution in [0.4, 0.5) is 0 Å². The van der Waals surface area contributed by atoms with E-state index in [2.05, 4.69) is 0 Å². The number of carboxylic acid groups (broad SMARTS) is 1. The van der Waals surface area contributed by atoms with Crippen LogP contribution in [0.2, 0.25) is 5.32 Å². The standard InChI is InChI=1S/C11H15NO3Se/c1-15-9-4-2-8(3-5-9)6-16-7-10(12)11(13)14/h2-5,10H,6-7,12H2,1H3,(H,13,14). The first-order valence-electron chi connectivity index (χ1n) is 4.82. The molecule has 5 heteroatoms. The second kappa shape index (κ2) is 6.53. The van der Waals surface area contributed by atoms with E-state index in [0.717, 1.165) is 11.1 Å². The topological polar surface area (TPSA) is 72.5 Å². The van der Waals surface area contributed by atoms with Gasteiger partial charge in [-0.3, -0.25) is 0 Å². The van der Waals surface area contributed by atoms with Crippen molar-refractivity contribution in [1.29, 1.82) is 0 Å². The van der Waals surface area contributed by atoms with Gasteiger partial charge in [0, 0.05) is 0 Å². The Morgan fingerprint density at radius 2 is 2.12 bits per heavy atom. The van der Waals surface area contributed by atoms with Crippen LogP contribution in [0.25, 0.3) is 0 Å². The molecule has 0 amide bonds. The number of methoxy groups -OCH3 is 1. The molecule has 1 atom stereocenters. The molecule has 0 aliphatic heterocycles. The van der Waals surface area contributed by atoms with Crippen molar-refractivity contribution >= 4 is 20.9 Å². The number of hydrogen-bond donors (Lipinski definition) is 2. The molecule has 3 N–H and O–H groups in total. The maximum absolute atomic E-state index is 10.5. The third-order valence-corrected chi connectivity index (χ3v) is 4.42. The molecular formula is C11H15NO3Se. The molecule has 0 radical (unpaired) electrons. The Morgan fingerprint density at radius 3 is 2.62 bits per heavy atom. The molecule has 1 aromatic carbocycles. The van der Waals surface area contributed by atoms with Crippen molar-refractivity contribution in [2.24, 2.45) is 5.73 Å². The summed E-state index contributed by atoms with van der Waals surface area (Å²) in [6, 6.07) is 7.07. The van der Waals surface area contributed by atoms with E-state index in [1.807, 2.05) is 24.3 Å². The minimum atomic E-state index is -0.920. The zero-order chi connectivity index (χ0) is 12.0. The summed E-state index contributed by atoms with van der Waals surface area (Å²) in [5.74, 6) is -0.0879. The Bertz CT molecular complexity index is 340. The summed E-state index contributed by atoms with van der Waals surface area (Å²) in [6.07, 6.45) is 0. The Hall–Kier alpha value is -1.03. The number of hydrogen-bond acceptors (Lipinski definition) is 3. The van der Waals surface area contributed by atoms with Crippen molar-refractivity contribution < 1.29 is 14.6 Å². The van der Waals surface area contributed by atoms with E-state index in [9.17, 15) is 4.79 Å². The SMILES string of the molecule is COc1ccc(C[Se]CC(N)C(=O)O)cc1. The Labute approximate surface area is 101 Å². The van der Waals surface area contributed by atoms with Gasteiger partial charge in [-0.25, -0.2) is 0 Å². The number of carboxylic acids is 1. The van der Waals surface area contributed by atoms with E-state index >= 15 is 0 Å². The van der Waals surface area contributed by atoms with E-state index < -0.39 is 12.0 Å². The van der Waals surface area contributed by atoms with Crippen LogP contribution in [0.1, 0.15) is 5.56 Å². The van der Waals surface area contributed by atoms with Crippen LogP contribution < -0.4 is 10.5 Å². The molecule has 0 aliphatic carbocycles. The average Bonchev–Trinajstić information content (AvgIpc) is 2.29. The molecule has 1 unspecified atom stereocenters. The summed E-state index contributed by atoms with van der Waals surface area (Å²) in [5.41, 5.74) is 6.62. The van der Waals surface area contributed by atoms with Crippen molar-refractivity contribution in [1.82, 2.24) is 0 Å². The number of ether oxygens (including phenoxy) is 1. The Kier molecular flexibility index (Phi) is 5.32. The summed E-state index contributed by atoms with van der Waals surface area (Å²) >= 11 is 0.229. The molecule has 1 rings (SSSR count). The average molecular weight is 288 g/mol. The van der Waals surface area contributed by atoms with Gasteiger partial charge in [-0.1, -0.05) is 0 Å². The van der Waals surface area contributed by atoms with Crippen LogP contribution in [-0.2, 0) is 10.1 Å². The molecule has 0 aliphatic rings. The fourth-order valence-corrected chi connectivity index (χ4v) is 3.07. The molecule has 0 heterocycles. The number of rotatable bonds is 6. The number of carbonyl (C=O) groups is 1. The summed E-state index contributed by atoms with van der Waals surface area (Å²) < 4.78 is 5.05. The van der Waals surface area contributed by atoms with Crippen LogP contribution in [0.15, 0.2) is 24.3 Å². The van der Waals surface area contributed by atoms with Crippen LogP contribution in [-0.4, -0.2) is 39.2 Å². The third kappa shape index (κ3) is 4.23. The first-order valence-corrected chi connectivity index (χ1v) is 7.25. The van der Waals surface area contributed by atoms with Crippen LogP contribution >= 0.6 is 0 Å². The van der Waals surface area contributed by atoms with E-state index in [1.54, 1.807) is 7.11 Å². The quantitative estimate of drug-likeness (QED) is 0.757. The molecule has 0 spiro atoms. The second-order valence-electron chi connectivity index (χ2n) is 3.31. The van der Waals surface area contributed by atoms with Gasteiger partial charge in [-0.05, 0) is 0 Å². The second-order valence-corrected chi connectivity index (χ2v) is 5.47. The summed E-state index contributed by atoms with van der Waals surface area (Å²) in [4.78, 5) is 10.5. The molecule has 0 fully saturated rings. The molecule has 4 nitrogen and oxygen atoms in total. The van der Waals surface area contributed by atoms with Gasteiger partial charge in [0.15, 0.2) is 0 Å². The zero-order valence-electron chi connectivity index (χ0n) is 9.05. The Morgan fingerprint density at radius 1 is 1.50 bits per heavy atom. The van der Waals surface area contributed by atoms with Crippen molar-refractivity contribution in [3.05, 3.63) is 29.8 Å². The van der Waals surface area contributed by atoms with Gasteiger partial charge in [0.2, 0.25) is 0 Å².